The molecular weight excluding hydrogens is 295 g/mol. The zero-order chi connectivity index (χ0) is 15.5. The van der Waals surface area contributed by atoms with Crippen LogP contribution in [0.3, 0.4) is 0 Å². The lowest BCUT2D eigenvalue weighted by molar-refractivity contribution is 0.299. The highest BCUT2D eigenvalue weighted by Gasteiger charge is 2.19. The molecule has 0 aliphatic carbocycles. The van der Waals surface area contributed by atoms with Gasteiger partial charge >= 0.3 is 0 Å². The summed E-state index contributed by atoms with van der Waals surface area (Å²) in [5.74, 6) is -0.867. The maximum atomic E-state index is 13.6. The molecule has 0 unspecified atom stereocenters. The van der Waals surface area contributed by atoms with E-state index in [1.165, 1.54) is 6.07 Å². The van der Waals surface area contributed by atoms with E-state index in [0.717, 1.165) is 17.7 Å². The third kappa shape index (κ3) is 3.71. The Morgan fingerprint density at radius 2 is 1.81 bits per heavy atom. The standard InChI is InChI=1S/C14H15FN2O3S/c15-13-6-3-11(16)9-14(13)21(19,20)17-12-4-1-10(2-5-12)7-8-18/h1-6,9,17-18H,7-8,16H2. The Kier molecular flexibility index (Phi) is 4.44. The fourth-order valence-corrected chi connectivity index (χ4v) is 2.98. The Bertz CT molecular complexity index is 730. The van der Waals surface area contributed by atoms with Crippen LogP contribution < -0.4 is 10.5 Å². The third-order valence-electron chi connectivity index (χ3n) is 2.85. The van der Waals surface area contributed by atoms with Gasteiger partial charge in [0.15, 0.2) is 0 Å². The molecule has 0 saturated heterocycles. The molecule has 2 aromatic carbocycles. The molecule has 0 radical (unpaired) electrons. The Balaban J connectivity index is 2.26. The second-order valence-electron chi connectivity index (χ2n) is 4.47. The number of benzene rings is 2. The summed E-state index contributed by atoms with van der Waals surface area (Å²) in [6, 6.07) is 9.83. The van der Waals surface area contributed by atoms with Crippen LogP contribution in [0.15, 0.2) is 47.4 Å². The second kappa shape index (κ2) is 6.11. The maximum Gasteiger partial charge on any atom is 0.264 e. The smallest absolute Gasteiger partial charge is 0.264 e. The topological polar surface area (TPSA) is 92.4 Å². The molecule has 21 heavy (non-hydrogen) atoms. The van der Waals surface area contributed by atoms with Gasteiger partial charge in [0, 0.05) is 18.0 Å². The number of hydrogen-bond acceptors (Lipinski definition) is 4. The fourth-order valence-electron chi connectivity index (χ4n) is 1.80. The van der Waals surface area contributed by atoms with Crippen molar-refractivity contribution in [2.24, 2.45) is 0 Å². The molecule has 2 rings (SSSR count). The predicted octanol–water partition coefficient (Wildman–Crippen LogP) is 1.74. The van der Waals surface area contributed by atoms with Gasteiger partial charge in [-0.1, -0.05) is 12.1 Å². The lowest BCUT2D eigenvalue weighted by Gasteiger charge is -2.10. The molecule has 7 heteroatoms. The van der Waals surface area contributed by atoms with Crippen LogP contribution in [0.25, 0.3) is 0 Å². The second-order valence-corrected chi connectivity index (χ2v) is 6.12. The van der Waals surface area contributed by atoms with Crippen molar-refractivity contribution in [3.8, 4) is 0 Å². The van der Waals surface area contributed by atoms with Crippen LogP contribution in [0.4, 0.5) is 15.8 Å². The Morgan fingerprint density at radius 3 is 2.43 bits per heavy atom. The van der Waals surface area contributed by atoms with Crippen LogP contribution in [-0.4, -0.2) is 20.1 Å². The van der Waals surface area contributed by atoms with Crippen molar-refractivity contribution in [2.75, 3.05) is 17.1 Å². The molecule has 0 atom stereocenters. The first kappa shape index (κ1) is 15.3. The molecule has 0 fully saturated rings. The van der Waals surface area contributed by atoms with E-state index in [4.69, 9.17) is 10.8 Å². The molecule has 0 saturated carbocycles. The summed E-state index contributed by atoms with van der Waals surface area (Å²) >= 11 is 0. The summed E-state index contributed by atoms with van der Waals surface area (Å²) in [6.45, 7) is 0.0135. The highest BCUT2D eigenvalue weighted by Crippen LogP contribution is 2.21. The van der Waals surface area contributed by atoms with Crippen molar-refractivity contribution in [1.82, 2.24) is 0 Å². The first-order valence-corrected chi connectivity index (χ1v) is 7.68. The highest BCUT2D eigenvalue weighted by atomic mass is 32.2. The Hall–Kier alpha value is -2.12. The number of nitrogens with two attached hydrogens (primary N) is 1. The first-order chi connectivity index (χ1) is 9.92. The van der Waals surface area contributed by atoms with Crippen molar-refractivity contribution >= 4 is 21.4 Å². The lowest BCUT2D eigenvalue weighted by Crippen LogP contribution is -2.15. The van der Waals surface area contributed by atoms with E-state index in [1.54, 1.807) is 24.3 Å². The number of nitrogens with one attached hydrogen (secondary N) is 1. The number of rotatable bonds is 5. The summed E-state index contributed by atoms with van der Waals surface area (Å²) in [7, 11) is -4.05. The maximum absolute atomic E-state index is 13.6. The minimum absolute atomic E-state index is 0.0135. The SMILES string of the molecule is Nc1ccc(F)c(S(=O)(=O)Nc2ccc(CCO)cc2)c1. The predicted molar refractivity (Wildman–Crippen MR) is 78.9 cm³/mol. The highest BCUT2D eigenvalue weighted by molar-refractivity contribution is 7.92. The lowest BCUT2D eigenvalue weighted by atomic mass is 10.1. The molecule has 2 aromatic rings. The normalized spacial score (nSPS) is 11.3. The van der Waals surface area contributed by atoms with E-state index >= 15 is 0 Å². The summed E-state index contributed by atoms with van der Waals surface area (Å²) in [5, 5.41) is 8.82. The van der Waals surface area contributed by atoms with Crippen molar-refractivity contribution in [3.63, 3.8) is 0 Å². The van der Waals surface area contributed by atoms with E-state index in [-0.39, 0.29) is 12.3 Å². The quantitative estimate of drug-likeness (QED) is 0.734. The number of nitrogen functional groups attached to an aromatic ring is 1. The number of sulfonamides is 1. The number of aliphatic hydroxyl groups excluding tert-OH is 1. The summed E-state index contributed by atoms with van der Waals surface area (Å²) < 4.78 is 40.2. The van der Waals surface area contributed by atoms with E-state index in [2.05, 4.69) is 4.72 Å². The number of halogens is 1. The van der Waals surface area contributed by atoms with Crippen LogP contribution in [0.1, 0.15) is 5.56 Å². The van der Waals surface area contributed by atoms with Gasteiger partial charge in [-0.15, -0.1) is 0 Å². The van der Waals surface area contributed by atoms with Gasteiger partial charge in [-0.2, -0.15) is 0 Å². The molecular formula is C14H15FN2O3S. The summed E-state index contributed by atoms with van der Waals surface area (Å²) in [5.41, 5.74) is 6.83. The van der Waals surface area contributed by atoms with Crippen LogP contribution >= 0.6 is 0 Å². The molecule has 0 spiro atoms. The molecule has 0 heterocycles. The van der Waals surface area contributed by atoms with E-state index < -0.39 is 20.7 Å². The van der Waals surface area contributed by atoms with E-state index in [0.29, 0.717) is 12.1 Å². The van der Waals surface area contributed by atoms with Gasteiger partial charge in [-0.3, -0.25) is 4.72 Å². The number of anilines is 2. The summed E-state index contributed by atoms with van der Waals surface area (Å²) in [6.07, 6.45) is 0.483. The van der Waals surface area contributed by atoms with Gasteiger partial charge in [0.05, 0.1) is 0 Å². The zero-order valence-corrected chi connectivity index (χ0v) is 11.9. The number of hydrogen-bond donors (Lipinski definition) is 3. The van der Waals surface area contributed by atoms with Crippen LogP contribution in [0.5, 0.6) is 0 Å². The summed E-state index contributed by atoms with van der Waals surface area (Å²) in [4.78, 5) is -0.498. The van der Waals surface area contributed by atoms with Crippen molar-refractivity contribution in [2.45, 2.75) is 11.3 Å². The molecule has 0 aliphatic heterocycles. The third-order valence-corrected chi connectivity index (χ3v) is 4.25. The number of aliphatic hydroxyl groups is 1. The van der Waals surface area contributed by atoms with Crippen molar-refractivity contribution < 1.29 is 17.9 Å². The van der Waals surface area contributed by atoms with Crippen LogP contribution in [0, 0.1) is 5.82 Å². The molecule has 0 aromatic heterocycles. The molecule has 0 aliphatic rings. The van der Waals surface area contributed by atoms with E-state index in [9.17, 15) is 12.8 Å². The minimum Gasteiger partial charge on any atom is -0.399 e. The average Bonchev–Trinajstić information content (AvgIpc) is 2.43. The van der Waals surface area contributed by atoms with E-state index in [1.807, 2.05) is 0 Å². The first-order valence-electron chi connectivity index (χ1n) is 6.20. The zero-order valence-electron chi connectivity index (χ0n) is 11.1. The van der Waals surface area contributed by atoms with Gasteiger partial charge in [-0.25, -0.2) is 12.8 Å². The molecule has 5 nitrogen and oxygen atoms in total. The van der Waals surface area contributed by atoms with Gasteiger partial charge in [0.25, 0.3) is 10.0 Å². The van der Waals surface area contributed by atoms with Gasteiger partial charge in [-0.05, 0) is 42.3 Å². The largest absolute Gasteiger partial charge is 0.399 e. The average molecular weight is 310 g/mol. The fraction of sp³-hybridized carbons (Fsp3) is 0.143. The van der Waals surface area contributed by atoms with Crippen molar-refractivity contribution in [1.29, 1.82) is 0 Å². The van der Waals surface area contributed by atoms with Crippen LogP contribution in [-0.2, 0) is 16.4 Å². The Labute approximate surface area is 122 Å². The van der Waals surface area contributed by atoms with Gasteiger partial charge in [0.2, 0.25) is 0 Å². The van der Waals surface area contributed by atoms with Gasteiger partial charge < -0.3 is 10.8 Å². The molecule has 0 amide bonds. The molecule has 0 bridgehead atoms. The molecule has 112 valence electrons. The molecule has 4 N–H and O–H groups in total. The minimum atomic E-state index is -4.05. The van der Waals surface area contributed by atoms with Crippen LogP contribution in [0.2, 0.25) is 0 Å². The van der Waals surface area contributed by atoms with Gasteiger partial charge in [0.1, 0.15) is 10.7 Å². The monoisotopic (exact) mass is 310 g/mol. The van der Waals surface area contributed by atoms with Crippen molar-refractivity contribution in [3.05, 3.63) is 53.8 Å². The Morgan fingerprint density at radius 1 is 1.14 bits per heavy atom.